The summed E-state index contributed by atoms with van der Waals surface area (Å²) < 4.78 is 5.71. The van der Waals surface area contributed by atoms with E-state index in [4.69, 9.17) is 9.84 Å². The number of allylic oxidation sites excluding steroid dienone is 1. The summed E-state index contributed by atoms with van der Waals surface area (Å²) in [4.78, 5) is 22.5. The second kappa shape index (κ2) is 22.4. The van der Waals surface area contributed by atoms with Gasteiger partial charge in [0.25, 0.3) is 0 Å². The van der Waals surface area contributed by atoms with E-state index >= 15 is 0 Å². The van der Waals surface area contributed by atoms with Crippen molar-refractivity contribution in [3.05, 3.63) is 12.2 Å². The highest BCUT2D eigenvalue weighted by atomic mass is 16.5. The Morgan fingerprint density at radius 2 is 1.30 bits per heavy atom. The van der Waals surface area contributed by atoms with E-state index in [1.807, 2.05) is 0 Å². The first-order valence-corrected chi connectivity index (χ1v) is 12.7. The number of hydrogen-bond acceptors (Lipinski definition) is 3. The van der Waals surface area contributed by atoms with Crippen molar-refractivity contribution in [2.24, 2.45) is 0 Å². The summed E-state index contributed by atoms with van der Waals surface area (Å²) >= 11 is 0. The maximum Gasteiger partial charge on any atom is 0.306 e. The average Bonchev–Trinajstić information content (AvgIpc) is 2.72. The van der Waals surface area contributed by atoms with Gasteiger partial charge in [-0.25, -0.2) is 0 Å². The van der Waals surface area contributed by atoms with Crippen LogP contribution in [-0.2, 0) is 14.3 Å². The molecule has 176 valence electrons. The largest absolute Gasteiger partial charge is 0.481 e. The van der Waals surface area contributed by atoms with Gasteiger partial charge in [-0.15, -0.1) is 0 Å². The van der Waals surface area contributed by atoms with Crippen molar-refractivity contribution in [2.45, 2.75) is 142 Å². The van der Waals surface area contributed by atoms with Crippen LogP contribution in [0, 0.1) is 0 Å². The molecule has 1 N–H and O–H groups in total. The number of aliphatic carboxylic acids is 1. The molecule has 30 heavy (non-hydrogen) atoms. The summed E-state index contributed by atoms with van der Waals surface area (Å²) in [5.41, 5.74) is 0. The Morgan fingerprint density at radius 1 is 0.733 bits per heavy atom. The maximum absolute atomic E-state index is 12.0. The quantitative estimate of drug-likeness (QED) is 0.109. The summed E-state index contributed by atoms with van der Waals surface area (Å²) in [6.45, 7) is 4.34. The van der Waals surface area contributed by atoms with Crippen molar-refractivity contribution in [1.82, 2.24) is 0 Å². The molecule has 0 rings (SSSR count). The number of ether oxygens (including phenoxy) is 1. The average molecular weight is 425 g/mol. The lowest BCUT2D eigenvalue weighted by atomic mass is 10.0. The molecule has 0 aliphatic rings. The summed E-state index contributed by atoms with van der Waals surface area (Å²) in [7, 11) is 0. The Hall–Kier alpha value is -1.32. The van der Waals surface area contributed by atoms with E-state index < -0.39 is 5.97 Å². The van der Waals surface area contributed by atoms with Gasteiger partial charge in [-0.2, -0.15) is 0 Å². The molecule has 0 aromatic rings. The molecule has 0 aliphatic carbocycles. The lowest BCUT2D eigenvalue weighted by molar-refractivity contribution is -0.147. The summed E-state index contributed by atoms with van der Waals surface area (Å²) in [5.74, 6) is -0.776. The van der Waals surface area contributed by atoms with Crippen LogP contribution in [0.4, 0.5) is 0 Å². The molecule has 0 spiro atoms. The molecule has 4 heteroatoms. The third-order valence-electron chi connectivity index (χ3n) is 5.47. The van der Waals surface area contributed by atoms with Gasteiger partial charge >= 0.3 is 11.9 Å². The van der Waals surface area contributed by atoms with E-state index in [0.29, 0.717) is 6.42 Å². The predicted octanol–water partition coefficient (Wildman–Crippen LogP) is 7.99. The van der Waals surface area contributed by atoms with Crippen molar-refractivity contribution >= 4 is 11.9 Å². The topological polar surface area (TPSA) is 63.6 Å². The van der Waals surface area contributed by atoms with Crippen molar-refractivity contribution in [2.75, 3.05) is 0 Å². The summed E-state index contributed by atoms with van der Waals surface area (Å²) in [5, 5.41) is 8.66. The third-order valence-corrected chi connectivity index (χ3v) is 5.47. The van der Waals surface area contributed by atoms with E-state index in [1.165, 1.54) is 44.9 Å². The molecule has 0 aromatic carbocycles. The highest BCUT2D eigenvalue weighted by Crippen LogP contribution is 2.14. The van der Waals surface area contributed by atoms with Crippen LogP contribution in [0.25, 0.3) is 0 Å². The minimum Gasteiger partial charge on any atom is -0.481 e. The van der Waals surface area contributed by atoms with E-state index in [0.717, 1.165) is 64.2 Å². The second-order valence-corrected chi connectivity index (χ2v) is 8.52. The Morgan fingerprint density at radius 3 is 1.93 bits per heavy atom. The fraction of sp³-hybridized carbons (Fsp3) is 0.846. The van der Waals surface area contributed by atoms with Gasteiger partial charge in [0.2, 0.25) is 0 Å². The fourth-order valence-corrected chi connectivity index (χ4v) is 3.54. The third kappa shape index (κ3) is 21.4. The van der Waals surface area contributed by atoms with Gasteiger partial charge in [-0.05, 0) is 44.6 Å². The minimum atomic E-state index is -0.703. The minimum absolute atomic E-state index is 0.0731. The van der Waals surface area contributed by atoms with Crippen LogP contribution in [0.5, 0.6) is 0 Å². The number of hydrogen-bond donors (Lipinski definition) is 1. The molecule has 0 saturated carbocycles. The van der Waals surface area contributed by atoms with Crippen LogP contribution < -0.4 is 0 Å². The van der Waals surface area contributed by atoms with Gasteiger partial charge in [0.15, 0.2) is 0 Å². The van der Waals surface area contributed by atoms with E-state index in [1.54, 1.807) is 0 Å². The van der Waals surface area contributed by atoms with Crippen LogP contribution in [0.2, 0.25) is 0 Å². The second-order valence-electron chi connectivity index (χ2n) is 8.52. The maximum atomic E-state index is 12.0. The number of carbonyl (C=O) groups is 2. The van der Waals surface area contributed by atoms with E-state index in [2.05, 4.69) is 26.0 Å². The van der Waals surface area contributed by atoms with Crippen molar-refractivity contribution in [3.8, 4) is 0 Å². The Kier molecular flexibility index (Phi) is 21.4. The Balaban J connectivity index is 4.03. The molecule has 0 aromatic heterocycles. The smallest absolute Gasteiger partial charge is 0.306 e. The zero-order chi connectivity index (χ0) is 22.3. The van der Waals surface area contributed by atoms with Gasteiger partial charge in [0.05, 0.1) is 0 Å². The lowest BCUT2D eigenvalue weighted by Crippen LogP contribution is -2.16. The normalized spacial score (nSPS) is 12.3. The molecule has 4 nitrogen and oxygen atoms in total. The molecule has 0 amide bonds. The molecule has 0 bridgehead atoms. The van der Waals surface area contributed by atoms with Crippen LogP contribution in [0.1, 0.15) is 136 Å². The van der Waals surface area contributed by atoms with Crippen LogP contribution in [0.3, 0.4) is 0 Å². The van der Waals surface area contributed by atoms with Crippen molar-refractivity contribution in [3.63, 3.8) is 0 Å². The molecule has 1 atom stereocenters. The van der Waals surface area contributed by atoms with Gasteiger partial charge in [-0.1, -0.05) is 90.6 Å². The molecular formula is C26H48O4. The number of esters is 1. The first kappa shape index (κ1) is 28.7. The lowest BCUT2D eigenvalue weighted by Gasteiger charge is -2.14. The fourth-order valence-electron chi connectivity index (χ4n) is 3.54. The molecule has 0 fully saturated rings. The molecule has 0 heterocycles. The van der Waals surface area contributed by atoms with Crippen LogP contribution >= 0.6 is 0 Å². The predicted molar refractivity (Wildman–Crippen MR) is 126 cm³/mol. The van der Waals surface area contributed by atoms with E-state index in [-0.39, 0.29) is 18.5 Å². The number of carbonyl (C=O) groups excluding carboxylic acids is 1. The van der Waals surface area contributed by atoms with Crippen molar-refractivity contribution < 1.29 is 19.4 Å². The molecular weight excluding hydrogens is 376 g/mol. The monoisotopic (exact) mass is 424 g/mol. The zero-order valence-corrected chi connectivity index (χ0v) is 19.8. The summed E-state index contributed by atoms with van der Waals surface area (Å²) in [6.07, 6.45) is 24.2. The molecule has 0 radical (unpaired) electrons. The Labute approximate surface area is 185 Å². The van der Waals surface area contributed by atoms with E-state index in [9.17, 15) is 9.59 Å². The SMILES string of the molecule is CCCCCCCCC/C=C\C(CCCCCCCCC(=O)O)OC(=O)CCCC. The molecule has 0 aliphatic heterocycles. The number of rotatable bonds is 22. The molecule has 1 unspecified atom stereocenters. The highest BCUT2D eigenvalue weighted by Gasteiger charge is 2.11. The standard InChI is InChI=1S/C26H48O4/c1-3-5-7-8-9-10-11-14-17-20-24(30-26(29)23-6-4-2)21-18-15-12-13-16-19-22-25(27)28/h17,20,24H,3-16,18-19,21-23H2,1-2H3,(H,27,28)/b20-17-. The van der Waals surface area contributed by atoms with Crippen LogP contribution in [0.15, 0.2) is 12.2 Å². The zero-order valence-electron chi connectivity index (χ0n) is 19.8. The highest BCUT2D eigenvalue weighted by molar-refractivity contribution is 5.69. The Bertz CT molecular complexity index is 431. The van der Waals surface area contributed by atoms with Gasteiger partial charge in [0, 0.05) is 12.8 Å². The van der Waals surface area contributed by atoms with Crippen molar-refractivity contribution in [1.29, 1.82) is 0 Å². The summed E-state index contributed by atoms with van der Waals surface area (Å²) in [6, 6.07) is 0. The molecule has 0 saturated heterocycles. The van der Waals surface area contributed by atoms with Crippen LogP contribution in [-0.4, -0.2) is 23.1 Å². The van der Waals surface area contributed by atoms with Gasteiger partial charge < -0.3 is 9.84 Å². The first-order valence-electron chi connectivity index (χ1n) is 12.7. The number of carboxylic acids is 1. The first-order chi connectivity index (χ1) is 14.6. The number of carboxylic acid groups (broad SMARTS) is 1. The van der Waals surface area contributed by atoms with Gasteiger partial charge in [0.1, 0.15) is 6.10 Å². The number of unbranched alkanes of at least 4 members (excludes halogenated alkanes) is 13. The van der Waals surface area contributed by atoms with Gasteiger partial charge in [-0.3, -0.25) is 9.59 Å².